The first-order valence-electron chi connectivity index (χ1n) is 11.0. The van der Waals surface area contributed by atoms with Gasteiger partial charge >= 0.3 is 0 Å². The molecule has 2 amide bonds. The van der Waals surface area contributed by atoms with Gasteiger partial charge in [-0.2, -0.15) is 0 Å². The minimum atomic E-state index is -0.599. The minimum Gasteiger partial charge on any atom is -0.481 e. The van der Waals surface area contributed by atoms with Crippen molar-refractivity contribution in [3.8, 4) is 11.5 Å². The molecule has 0 spiro atoms. The van der Waals surface area contributed by atoms with Crippen LogP contribution in [0.25, 0.3) is 0 Å². The Balaban J connectivity index is 1.66. The van der Waals surface area contributed by atoms with Crippen LogP contribution in [0.1, 0.15) is 27.7 Å². The summed E-state index contributed by atoms with van der Waals surface area (Å²) in [4.78, 5) is 26.7. The van der Waals surface area contributed by atoms with Crippen LogP contribution in [-0.2, 0) is 14.3 Å². The number of hydrogen-bond acceptors (Lipinski definition) is 5. The number of carbonyl (C=O) groups is 2. The molecule has 2 aromatic rings. The Morgan fingerprint density at radius 1 is 0.812 bits per heavy atom. The monoisotopic (exact) mass is 442 g/mol. The molecule has 0 bridgehead atoms. The highest BCUT2D eigenvalue weighted by Gasteiger charge is 2.24. The lowest BCUT2D eigenvalue weighted by Crippen LogP contribution is -2.46. The number of hydrogen-bond donors (Lipinski definition) is 1. The predicted molar refractivity (Wildman–Crippen MR) is 124 cm³/mol. The van der Waals surface area contributed by atoms with Gasteiger partial charge in [0.1, 0.15) is 11.5 Å². The highest BCUT2D eigenvalue weighted by atomic mass is 16.5. The van der Waals surface area contributed by atoms with E-state index in [1.165, 1.54) is 0 Å². The van der Waals surface area contributed by atoms with E-state index in [4.69, 9.17) is 14.2 Å². The van der Waals surface area contributed by atoms with Crippen LogP contribution < -0.4 is 14.8 Å². The van der Waals surface area contributed by atoms with Gasteiger partial charge in [0.25, 0.3) is 11.8 Å². The molecular formula is C25H34N2O5. The summed E-state index contributed by atoms with van der Waals surface area (Å²) in [5.74, 6) is 1.01. The van der Waals surface area contributed by atoms with Crippen molar-refractivity contribution >= 4 is 11.8 Å². The Labute approximate surface area is 190 Å². The average Bonchev–Trinajstić information content (AvgIpc) is 2.79. The fourth-order valence-corrected chi connectivity index (χ4v) is 3.02. The molecule has 0 aliphatic carbocycles. The predicted octanol–water partition coefficient (Wildman–Crippen LogP) is 3.29. The van der Waals surface area contributed by atoms with Crippen LogP contribution in [0.3, 0.4) is 0 Å². The van der Waals surface area contributed by atoms with Crippen LogP contribution in [0.2, 0.25) is 0 Å². The van der Waals surface area contributed by atoms with Crippen LogP contribution in [0.15, 0.2) is 60.7 Å². The zero-order valence-corrected chi connectivity index (χ0v) is 19.3. The van der Waals surface area contributed by atoms with Crippen molar-refractivity contribution in [1.29, 1.82) is 0 Å². The first kappa shape index (κ1) is 25.2. The van der Waals surface area contributed by atoms with Gasteiger partial charge in [-0.3, -0.25) is 9.59 Å². The van der Waals surface area contributed by atoms with Crippen molar-refractivity contribution in [1.82, 2.24) is 10.2 Å². The Kier molecular flexibility index (Phi) is 10.5. The van der Waals surface area contributed by atoms with Gasteiger partial charge in [0, 0.05) is 19.1 Å². The van der Waals surface area contributed by atoms with E-state index < -0.39 is 12.2 Å². The lowest BCUT2D eigenvalue weighted by atomic mass is 10.2. The summed E-state index contributed by atoms with van der Waals surface area (Å²) in [6.45, 7) is 8.90. The largest absolute Gasteiger partial charge is 0.481 e. The molecule has 0 fully saturated rings. The van der Waals surface area contributed by atoms with Gasteiger partial charge in [0.2, 0.25) is 0 Å². The quantitative estimate of drug-likeness (QED) is 0.482. The number of ether oxygens (including phenoxy) is 3. The lowest BCUT2D eigenvalue weighted by molar-refractivity contribution is -0.140. The van der Waals surface area contributed by atoms with Gasteiger partial charge in [0.15, 0.2) is 12.2 Å². The average molecular weight is 443 g/mol. The lowest BCUT2D eigenvalue weighted by Gasteiger charge is -2.29. The second-order valence-corrected chi connectivity index (χ2v) is 7.68. The molecule has 0 heterocycles. The van der Waals surface area contributed by atoms with E-state index in [1.807, 2.05) is 62.4 Å². The normalized spacial score (nSPS) is 12.7. The molecule has 0 saturated heterocycles. The summed E-state index contributed by atoms with van der Waals surface area (Å²) in [6.07, 6.45) is -1.19. The van der Waals surface area contributed by atoms with Crippen molar-refractivity contribution in [3.63, 3.8) is 0 Å². The van der Waals surface area contributed by atoms with Crippen molar-refractivity contribution in [2.24, 2.45) is 0 Å². The number of nitrogens with one attached hydrogen (secondary N) is 1. The van der Waals surface area contributed by atoms with Gasteiger partial charge in [-0.25, -0.2) is 0 Å². The molecule has 2 aromatic carbocycles. The Morgan fingerprint density at radius 2 is 1.34 bits per heavy atom. The molecule has 0 radical (unpaired) electrons. The molecule has 7 heteroatoms. The topological polar surface area (TPSA) is 77.1 Å². The minimum absolute atomic E-state index is 0.0172. The van der Waals surface area contributed by atoms with Crippen LogP contribution >= 0.6 is 0 Å². The van der Waals surface area contributed by atoms with Gasteiger partial charge in [0.05, 0.1) is 13.2 Å². The number of amides is 2. The number of carbonyl (C=O) groups excluding carboxylic acids is 2. The molecule has 2 rings (SSSR count). The van der Waals surface area contributed by atoms with Gasteiger partial charge in [-0.15, -0.1) is 0 Å². The summed E-state index contributed by atoms with van der Waals surface area (Å²) in [7, 11) is 0. The van der Waals surface area contributed by atoms with E-state index in [0.717, 1.165) is 0 Å². The molecule has 174 valence electrons. The molecule has 0 aliphatic rings. The Hall–Kier alpha value is -3.06. The van der Waals surface area contributed by atoms with Crippen LogP contribution in [0.5, 0.6) is 11.5 Å². The SMILES string of the molecule is CC(C)N(CCOCCNC(=O)[C@H](C)Oc1ccccc1)C(=O)[C@@H](C)Oc1ccccc1. The molecule has 0 saturated carbocycles. The van der Waals surface area contributed by atoms with Crippen molar-refractivity contribution < 1.29 is 23.8 Å². The standard InChI is InChI=1S/C25H34N2O5/c1-19(2)27(25(29)21(4)32-23-13-9-6-10-14-23)16-18-30-17-15-26-24(28)20(3)31-22-11-7-5-8-12-22/h5-14,19-21H,15-18H2,1-4H3,(H,26,28)/t20-,21+/m0/s1. The molecule has 0 aliphatic heterocycles. The third-order valence-electron chi connectivity index (χ3n) is 4.76. The highest BCUT2D eigenvalue weighted by Crippen LogP contribution is 2.13. The molecule has 1 N–H and O–H groups in total. The summed E-state index contributed by atoms with van der Waals surface area (Å²) in [6, 6.07) is 18.5. The molecule has 0 aromatic heterocycles. The Bertz CT molecular complexity index is 814. The summed E-state index contributed by atoms with van der Waals surface area (Å²) in [5.41, 5.74) is 0. The van der Waals surface area contributed by atoms with Gasteiger partial charge in [-0.1, -0.05) is 36.4 Å². The smallest absolute Gasteiger partial charge is 0.263 e. The van der Waals surface area contributed by atoms with E-state index in [-0.39, 0.29) is 17.9 Å². The fourth-order valence-electron chi connectivity index (χ4n) is 3.02. The van der Waals surface area contributed by atoms with Crippen molar-refractivity contribution in [2.45, 2.75) is 45.9 Å². The molecule has 7 nitrogen and oxygen atoms in total. The molecule has 0 unspecified atom stereocenters. The van der Waals surface area contributed by atoms with E-state index in [2.05, 4.69) is 5.32 Å². The van der Waals surface area contributed by atoms with E-state index >= 15 is 0 Å². The number of rotatable bonds is 13. The van der Waals surface area contributed by atoms with Crippen LogP contribution in [-0.4, -0.2) is 61.3 Å². The summed E-state index contributed by atoms with van der Waals surface area (Å²) in [5, 5.41) is 2.79. The first-order valence-corrected chi connectivity index (χ1v) is 11.0. The molecule has 2 atom stereocenters. The molecular weight excluding hydrogens is 408 g/mol. The third-order valence-corrected chi connectivity index (χ3v) is 4.76. The number of benzene rings is 2. The van der Waals surface area contributed by atoms with Crippen LogP contribution in [0, 0.1) is 0 Å². The van der Waals surface area contributed by atoms with E-state index in [0.29, 0.717) is 37.8 Å². The zero-order valence-electron chi connectivity index (χ0n) is 19.3. The van der Waals surface area contributed by atoms with Gasteiger partial charge in [-0.05, 0) is 52.0 Å². The van der Waals surface area contributed by atoms with Crippen molar-refractivity contribution in [3.05, 3.63) is 60.7 Å². The maximum atomic E-state index is 12.8. The maximum Gasteiger partial charge on any atom is 0.263 e. The van der Waals surface area contributed by atoms with E-state index in [1.54, 1.807) is 30.9 Å². The van der Waals surface area contributed by atoms with E-state index in [9.17, 15) is 9.59 Å². The maximum absolute atomic E-state index is 12.8. The second-order valence-electron chi connectivity index (χ2n) is 7.68. The third kappa shape index (κ3) is 8.59. The first-order chi connectivity index (χ1) is 15.4. The summed E-state index contributed by atoms with van der Waals surface area (Å²) >= 11 is 0. The zero-order chi connectivity index (χ0) is 23.3. The van der Waals surface area contributed by atoms with Crippen LogP contribution in [0.4, 0.5) is 0 Å². The second kappa shape index (κ2) is 13.4. The number of para-hydroxylation sites is 2. The highest BCUT2D eigenvalue weighted by molar-refractivity contribution is 5.81. The number of nitrogens with zero attached hydrogens (tertiary/aromatic N) is 1. The van der Waals surface area contributed by atoms with Gasteiger partial charge < -0.3 is 24.4 Å². The molecule has 32 heavy (non-hydrogen) atoms. The fraction of sp³-hybridized carbons (Fsp3) is 0.440. The van der Waals surface area contributed by atoms with Crippen molar-refractivity contribution in [2.75, 3.05) is 26.3 Å². The Morgan fingerprint density at radius 3 is 1.88 bits per heavy atom. The summed E-state index contributed by atoms with van der Waals surface area (Å²) < 4.78 is 17.0.